The Hall–Kier alpha value is -0.120. The first-order valence-electron chi connectivity index (χ1n) is 6.74. The number of rotatable bonds is 1. The summed E-state index contributed by atoms with van der Waals surface area (Å²) in [6, 6.07) is 0.415. The van der Waals surface area contributed by atoms with Crippen LogP contribution < -0.4 is 5.32 Å². The summed E-state index contributed by atoms with van der Waals surface area (Å²) in [5.74, 6) is 0. The van der Waals surface area contributed by atoms with E-state index in [9.17, 15) is 0 Å². The third kappa shape index (κ3) is 3.01. The normalized spacial score (nSPS) is 37.6. The maximum Gasteiger partial charge on any atom is 0.109 e. The summed E-state index contributed by atoms with van der Waals surface area (Å²) in [5.41, 5.74) is 0.169. The predicted molar refractivity (Wildman–Crippen MR) is 69.2 cm³/mol. The molecular weight excluding hydrogens is 214 g/mol. The van der Waals surface area contributed by atoms with Gasteiger partial charge in [-0.25, -0.2) is 0 Å². The third-order valence-electron chi connectivity index (χ3n) is 3.77. The van der Waals surface area contributed by atoms with Gasteiger partial charge in [0.05, 0.1) is 18.8 Å². The topological polar surface area (TPSA) is 30.5 Å². The molecule has 2 saturated heterocycles. The highest BCUT2D eigenvalue weighted by Crippen LogP contribution is 2.41. The molecule has 3 heteroatoms. The van der Waals surface area contributed by atoms with Crippen molar-refractivity contribution >= 4 is 0 Å². The molecule has 2 fully saturated rings. The Morgan fingerprint density at radius 3 is 2.47 bits per heavy atom. The van der Waals surface area contributed by atoms with Gasteiger partial charge in [-0.1, -0.05) is 20.8 Å². The third-order valence-corrected chi connectivity index (χ3v) is 3.77. The van der Waals surface area contributed by atoms with Gasteiger partial charge in [-0.3, -0.25) is 0 Å². The standard InChI is InChI=1S/C14H27NO2/c1-12(2,3)8-11-14(16-7-6-15-11)9-13(4,5)17-10-14/h11,15H,6-10H2,1-5H3. The number of hydrogen-bond donors (Lipinski definition) is 1. The Labute approximate surface area is 105 Å². The van der Waals surface area contributed by atoms with E-state index in [1.54, 1.807) is 0 Å². The van der Waals surface area contributed by atoms with Crippen LogP contribution >= 0.6 is 0 Å². The highest BCUT2D eigenvalue weighted by molar-refractivity contribution is 5.05. The van der Waals surface area contributed by atoms with Crippen LogP contribution in [0.4, 0.5) is 0 Å². The van der Waals surface area contributed by atoms with E-state index in [-0.39, 0.29) is 11.2 Å². The lowest BCUT2D eigenvalue weighted by atomic mass is 9.77. The molecule has 17 heavy (non-hydrogen) atoms. The zero-order chi connectivity index (χ0) is 12.7. The molecule has 0 aromatic carbocycles. The van der Waals surface area contributed by atoms with Gasteiger partial charge in [0.1, 0.15) is 5.60 Å². The molecule has 2 unspecified atom stereocenters. The average Bonchev–Trinajstić information content (AvgIpc) is 2.45. The van der Waals surface area contributed by atoms with Crippen LogP contribution in [0.15, 0.2) is 0 Å². The van der Waals surface area contributed by atoms with Crippen molar-refractivity contribution in [1.82, 2.24) is 5.32 Å². The van der Waals surface area contributed by atoms with E-state index in [0.29, 0.717) is 11.5 Å². The van der Waals surface area contributed by atoms with Crippen molar-refractivity contribution in [3.8, 4) is 0 Å². The minimum atomic E-state index is -0.102. The van der Waals surface area contributed by atoms with Crippen LogP contribution in [-0.4, -0.2) is 37.0 Å². The van der Waals surface area contributed by atoms with Crippen molar-refractivity contribution in [2.75, 3.05) is 19.8 Å². The fourth-order valence-electron chi connectivity index (χ4n) is 3.10. The number of nitrogens with one attached hydrogen (secondary N) is 1. The summed E-state index contributed by atoms with van der Waals surface area (Å²) in [7, 11) is 0. The van der Waals surface area contributed by atoms with E-state index in [0.717, 1.165) is 32.6 Å². The Bertz CT molecular complexity index is 282. The van der Waals surface area contributed by atoms with Crippen LogP contribution in [0.3, 0.4) is 0 Å². The molecular formula is C14H27NO2. The lowest BCUT2D eigenvalue weighted by Crippen LogP contribution is -2.59. The van der Waals surface area contributed by atoms with Gasteiger partial charge in [-0.05, 0) is 25.7 Å². The minimum absolute atomic E-state index is 0.0465. The first-order chi connectivity index (χ1) is 7.73. The molecule has 0 aromatic rings. The van der Waals surface area contributed by atoms with Crippen molar-refractivity contribution in [3.05, 3.63) is 0 Å². The first-order valence-corrected chi connectivity index (χ1v) is 6.74. The van der Waals surface area contributed by atoms with Crippen LogP contribution in [0.1, 0.15) is 47.5 Å². The van der Waals surface area contributed by atoms with E-state index in [4.69, 9.17) is 9.47 Å². The molecule has 0 aliphatic carbocycles. The van der Waals surface area contributed by atoms with Gasteiger partial charge in [0.25, 0.3) is 0 Å². The van der Waals surface area contributed by atoms with Crippen LogP contribution in [0.2, 0.25) is 0 Å². The van der Waals surface area contributed by atoms with Gasteiger partial charge in [0.15, 0.2) is 0 Å². The van der Waals surface area contributed by atoms with E-state index in [1.165, 1.54) is 0 Å². The number of ether oxygens (including phenoxy) is 2. The molecule has 0 amide bonds. The maximum absolute atomic E-state index is 6.13. The summed E-state index contributed by atoms with van der Waals surface area (Å²) in [6.45, 7) is 13.7. The highest BCUT2D eigenvalue weighted by Gasteiger charge is 2.52. The molecule has 2 aliphatic heterocycles. The van der Waals surface area contributed by atoms with Crippen LogP contribution in [0, 0.1) is 5.41 Å². The minimum Gasteiger partial charge on any atom is -0.372 e. The summed E-state index contributed by atoms with van der Waals surface area (Å²) >= 11 is 0. The second-order valence-corrected chi connectivity index (χ2v) is 7.41. The second kappa shape index (κ2) is 4.22. The quantitative estimate of drug-likeness (QED) is 0.764. The van der Waals surface area contributed by atoms with Gasteiger partial charge < -0.3 is 14.8 Å². The molecule has 100 valence electrons. The zero-order valence-corrected chi connectivity index (χ0v) is 11.9. The van der Waals surface area contributed by atoms with Gasteiger partial charge in [-0.15, -0.1) is 0 Å². The molecule has 0 saturated carbocycles. The number of hydrogen-bond acceptors (Lipinski definition) is 3. The molecule has 1 N–H and O–H groups in total. The second-order valence-electron chi connectivity index (χ2n) is 7.41. The van der Waals surface area contributed by atoms with Gasteiger partial charge in [-0.2, -0.15) is 0 Å². The van der Waals surface area contributed by atoms with E-state index >= 15 is 0 Å². The first kappa shape index (κ1) is 13.3. The Balaban J connectivity index is 2.13. The Morgan fingerprint density at radius 1 is 1.24 bits per heavy atom. The molecule has 0 bridgehead atoms. The summed E-state index contributed by atoms with van der Waals surface area (Å²) < 4.78 is 12.0. The monoisotopic (exact) mass is 241 g/mol. The summed E-state index contributed by atoms with van der Waals surface area (Å²) in [6.07, 6.45) is 2.13. The molecule has 0 radical (unpaired) electrons. The van der Waals surface area contributed by atoms with Crippen molar-refractivity contribution in [1.29, 1.82) is 0 Å². The maximum atomic E-state index is 6.13. The Morgan fingerprint density at radius 2 is 1.94 bits per heavy atom. The molecule has 1 spiro atoms. The summed E-state index contributed by atoms with van der Waals surface area (Å²) in [5, 5.41) is 3.64. The molecule has 2 rings (SSSR count). The largest absolute Gasteiger partial charge is 0.372 e. The smallest absolute Gasteiger partial charge is 0.109 e. The average molecular weight is 241 g/mol. The zero-order valence-electron chi connectivity index (χ0n) is 11.9. The molecule has 2 atom stereocenters. The summed E-state index contributed by atoms with van der Waals surface area (Å²) in [4.78, 5) is 0. The molecule has 2 aliphatic rings. The van der Waals surface area contributed by atoms with Crippen LogP contribution in [0.5, 0.6) is 0 Å². The molecule has 3 nitrogen and oxygen atoms in total. The molecule has 2 heterocycles. The van der Waals surface area contributed by atoms with Gasteiger partial charge >= 0.3 is 0 Å². The van der Waals surface area contributed by atoms with E-state index in [1.807, 2.05) is 0 Å². The van der Waals surface area contributed by atoms with E-state index in [2.05, 4.69) is 39.9 Å². The predicted octanol–water partition coefficient (Wildman–Crippen LogP) is 2.35. The number of morpholine rings is 1. The fraction of sp³-hybridized carbons (Fsp3) is 1.00. The van der Waals surface area contributed by atoms with Crippen molar-refractivity contribution in [3.63, 3.8) is 0 Å². The van der Waals surface area contributed by atoms with Crippen molar-refractivity contribution in [2.45, 2.75) is 64.7 Å². The lowest BCUT2D eigenvalue weighted by Gasteiger charge is -2.44. The SMILES string of the molecule is CC(C)(C)CC1NCCOC12COC(C)(C)C2. The lowest BCUT2D eigenvalue weighted by molar-refractivity contribution is -0.105. The Kier molecular flexibility index (Phi) is 3.30. The van der Waals surface area contributed by atoms with Crippen LogP contribution in [-0.2, 0) is 9.47 Å². The van der Waals surface area contributed by atoms with Gasteiger partial charge in [0, 0.05) is 19.0 Å². The van der Waals surface area contributed by atoms with Gasteiger partial charge in [0.2, 0.25) is 0 Å². The molecule has 0 aromatic heterocycles. The van der Waals surface area contributed by atoms with Crippen molar-refractivity contribution in [2.24, 2.45) is 5.41 Å². The van der Waals surface area contributed by atoms with Crippen LogP contribution in [0.25, 0.3) is 0 Å². The fourth-order valence-corrected chi connectivity index (χ4v) is 3.10. The highest BCUT2D eigenvalue weighted by atomic mass is 16.6. The van der Waals surface area contributed by atoms with Crippen molar-refractivity contribution < 1.29 is 9.47 Å². The van der Waals surface area contributed by atoms with E-state index < -0.39 is 0 Å².